The van der Waals surface area contributed by atoms with Gasteiger partial charge in [0.15, 0.2) is 0 Å². The van der Waals surface area contributed by atoms with Crippen LogP contribution < -0.4 is 14.9 Å². The van der Waals surface area contributed by atoms with Crippen molar-refractivity contribution in [2.75, 3.05) is 19.6 Å². The van der Waals surface area contributed by atoms with Gasteiger partial charge in [0.25, 0.3) is 11.4 Å². The molecule has 12 nitrogen and oxygen atoms in total. The highest BCUT2D eigenvalue weighted by atomic mass is 35.5. The van der Waals surface area contributed by atoms with Gasteiger partial charge in [-0.25, -0.2) is 0 Å². The minimum Gasteiger partial charge on any atom is -0.497 e. The number of amidine groups is 1. The summed E-state index contributed by atoms with van der Waals surface area (Å²) >= 11 is 13.0. The monoisotopic (exact) mass is 594 g/mol. The first kappa shape index (κ1) is 28.9. The van der Waals surface area contributed by atoms with Crippen LogP contribution in [0.4, 0.5) is 22.7 Å². The summed E-state index contributed by atoms with van der Waals surface area (Å²) in [4.78, 5) is 21.0. The first-order valence-electron chi connectivity index (χ1n) is 11.7. The van der Waals surface area contributed by atoms with E-state index in [1.165, 1.54) is 55.6 Å². The fraction of sp³-hybridized carbons (Fsp3) is 0.0741. The van der Waals surface area contributed by atoms with Crippen molar-refractivity contribution in [1.29, 1.82) is 0 Å². The lowest BCUT2D eigenvalue weighted by molar-refractivity contribution is -0.385. The zero-order valence-electron chi connectivity index (χ0n) is 21.4. The van der Waals surface area contributed by atoms with E-state index in [0.29, 0.717) is 43.9 Å². The number of nitrogens with one attached hydrogen (secondary N) is 1. The third-order valence-corrected chi connectivity index (χ3v) is 6.33. The van der Waals surface area contributed by atoms with Crippen LogP contribution in [0.2, 0.25) is 10.0 Å². The first-order chi connectivity index (χ1) is 19.7. The van der Waals surface area contributed by atoms with Crippen LogP contribution in [0.1, 0.15) is 5.56 Å². The predicted molar refractivity (Wildman–Crippen MR) is 156 cm³/mol. The summed E-state index contributed by atoms with van der Waals surface area (Å²) in [5, 5.41) is 35.6. The first-order valence-corrected chi connectivity index (χ1v) is 12.4. The van der Waals surface area contributed by atoms with Crippen LogP contribution in [-0.4, -0.2) is 29.9 Å². The maximum absolute atomic E-state index is 11.1. The Balaban J connectivity index is 1.72. The van der Waals surface area contributed by atoms with E-state index < -0.39 is 9.85 Å². The fourth-order valence-corrected chi connectivity index (χ4v) is 4.06. The number of azo groups is 1. The minimum absolute atomic E-state index is 0.0522. The number of nitrogens with zero attached hydrogens (tertiary/aromatic N) is 5. The Hall–Kier alpha value is -5.07. The number of nitro benzene ring substituents is 2. The van der Waals surface area contributed by atoms with Crippen molar-refractivity contribution in [3.8, 4) is 22.6 Å². The molecule has 0 bridgehead atoms. The highest BCUT2D eigenvalue weighted by molar-refractivity contribution is 6.36. The van der Waals surface area contributed by atoms with Crippen LogP contribution in [0.3, 0.4) is 0 Å². The highest BCUT2D eigenvalue weighted by Gasteiger charge is 2.15. The molecule has 0 heterocycles. The Kier molecular flexibility index (Phi) is 9.07. The number of anilines is 1. The molecule has 0 fully saturated rings. The molecule has 0 aliphatic heterocycles. The molecular formula is C27H20Cl2N6O6. The van der Waals surface area contributed by atoms with Crippen LogP contribution in [-0.2, 0) is 0 Å². The van der Waals surface area contributed by atoms with Crippen molar-refractivity contribution >= 4 is 51.8 Å². The summed E-state index contributed by atoms with van der Waals surface area (Å²) in [5.74, 6) is 0.974. The van der Waals surface area contributed by atoms with Gasteiger partial charge in [-0.3, -0.25) is 25.7 Å². The normalized spacial score (nSPS) is 11.4. The van der Waals surface area contributed by atoms with E-state index in [2.05, 4.69) is 20.8 Å². The number of hydrogen-bond donors (Lipinski definition) is 1. The van der Waals surface area contributed by atoms with Gasteiger partial charge >= 0.3 is 0 Å². The summed E-state index contributed by atoms with van der Waals surface area (Å²) in [7, 11) is 3.00. The van der Waals surface area contributed by atoms with Gasteiger partial charge in [-0.05, 0) is 54.6 Å². The van der Waals surface area contributed by atoms with E-state index in [9.17, 15) is 20.2 Å². The molecule has 4 aromatic carbocycles. The molecule has 0 aliphatic rings. The lowest BCUT2D eigenvalue weighted by Gasteiger charge is -2.12. The molecule has 0 amide bonds. The molecule has 41 heavy (non-hydrogen) atoms. The number of hydrazone groups is 1. The molecule has 4 aromatic rings. The van der Waals surface area contributed by atoms with E-state index >= 15 is 0 Å². The average Bonchev–Trinajstić information content (AvgIpc) is 2.98. The third-order valence-electron chi connectivity index (χ3n) is 5.69. The quantitative estimate of drug-likeness (QED) is 0.0675. The molecule has 4 rings (SSSR count). The van der Waals surface area contributed by atoms with Gasteiger partial charge in [0.2, 0.25) is 5.84 Å². The molecule has 14 heteroatoms. The van der Waals surface area contributed by atoms with Gasteiger partial charge < -0.3 is 9.47 Å². The van der Waals surface area contributed by atoms with Gasteiger partial charge in [0.05, 0.1) is 34.8 Å². The number of non-ortho nitro benzene ring substituents is 2. The molecule has 0 aromatic heterocycles. The van der Waals surface area contributed by atoms with Crippen LogP contribution in [0.25, 0.3) is 11.1 Å². The maximum atomic E-state index is 11.1. The van der Waals surface area contributed by atoms with Crippen LogP contribution in [0, 0.1) is 20.2 Å². The predicted octanol–water partition coefficient (Wildman–Crippen LogP) is 8.05. The summed E-state index contributed by atoms with van der Waals surface area (Å²) in [6.07, 6.45) is 0. The Morgan fingerprint density at radius 1 is 0.780 bits per heavy atom. The van der Waals surface area contributed by atoms with E-state index in [-0.39, 0.29) is 22.9 Å². The van der Waals surface area contributed by atoms with E-state index in [1.807, 2.05) is 0 Å². The maximum Gasteiger partial charge on any atom is 0.269 e. The summed E-state index contributed by atoms with van der Waals surface area (Å²) in [6, 6.07) is 19.5. The Labute approximate surface area is 243 Å². The standard InChI is InChI=1S/C27H20Cl2N6O6/c1-40-20-11-12-23(28)21(13-20)22-14-26(41-2)25(15-24(22)29)31-33-27(16-3-7-18(8-4-16)34(36)37)32-30-17-5-9-19(10-6-17)35(38)39/h3-15,30H,1-2H3/b32-27+,33-31?. The van der Waals surface area contributed by atoms with Gasteiger partial charge in [-0.2, -0.15) is 5.10 Å². The van der Waals surface area contributed by atoms with Crippen molar-refractivity contribution < 1.29 is 19.3 Å². The van der Waals surface area contributed by atoms with Gasteiger partial charge in [0, 0.05) is 46.0 Å². The SMILES string of the molecule is COc1ccc(Cl)c(-c2cc(OC)c(N=N/C(=N/Nc3ccc([N+](=O)[O-])cc3)c3ccc([N+](=O)[O-])cc3)cc2Cl)c1. The van der Waals surface area contributed by atoms with Gasteiger partial charge in [-0.15, -0.1) is 10.2 Å². The molecule has 0 unspecified atom stereocenters. The molecule has 208 valence electrons. The van der Waals surface area contributed by atoms with Gasteiger partial charge in [0.1, 0.15) is 17.2 Å². The number of nitro groups is 2. The summed E-state index contributed by atoms with van der Waals surface area (Å²) in [5.41, 5.74) is 4.87. The molecule has 0 spiro atoms. The zero-order chi connectivity index (χ0) is 29.5. The number of methoxy groups -OCH3 is 2. The second-order valence-electron chi connectivity index (χ2n) is 8.20. The van der Waals surface area contributed by atoms with Crippen molar-refractivity contribution in [3.05, 3.63) is 115 Å². The largest absolute Gasteiger partial charge is 0.497 e. The molecule has 0 atom stereocenters. The van der Waals surface area contributed by atoms with E-state index in [0.717, 1.165) is 0 Å². The van der Waals surface area contributed by atoms with E-state index in [4.69, 9.17) is 32.7 Å². The van der Waals surface area contributed by atoms with Crippen LogP contribution in [0.5, 0.6) is 11.5 Å². The van der Waals surface area contributed by atoms with Crippen molar-refractivity contribution in [2.45, 2.75) is 0 Å². The summed E-state index contributed by atoms with van der Waals surface area (Å²) in [6.45, 7) is 0. The molecule has 1 N–H and O–H groups in total. The number of hydrogen-bond acceptors (Lipinski definition) is 9. The van der Waals surface area contributed by atoms with Crippen LogP contribution in [0.15, 0.2) is 94.2 Å². The lowest BCUT2D eigenvalue weighted by Crippen LogP contribution is -2.02. The molecule has 0 saturated heterocycles. The lowest BCUT2D eigenvalue weighted by atomic mass is 10.0. The zero-order valence-corrected chi connectivity index (χ0v) is 23.0. The second kappa shape index (κ2) is 12.9. The Morgan fingerprint density at radius 2 is 1.39 bits per heavy atom. The topological polar surface area (TPSA) is 154 Å². The minimum atomic E-state index is -0.528. The highest BCUT2D eigenvalue weighted by Crippen LogP contribution is 2.42. The number of benzene rings is 4. The summed E-state index contributed by atoms with van der Waals surface area (Å²) < 4.78 is 10.8. The molecular weight excluding hydrogens is 575 g/mol. The Bertz CT molecular complexity index is 1660. The number of rotatable bonds is 9. The van der Waals surface area contributed by atoms with Crippen molar-refractivity contribution in [2.24, 2.45) is 15.3 Å². The molecule has 0 saturated carbocycles. The number of halogens is 2. The van der Waals surface area contributed by atoms with E-state index in [1.54, 1.807) is 37.4 Å². The third kappa shape index (κ3) is 6.93. The van der Waals surface area contributed by atoms with Crippen LogP contribution >= 0.6 is 23.2 Å². The molecule has 0 radical (unpaired) electrons. The van der Waals surface area contributed by atoms with Gasteiger partial charge in [-0.1, -0.05) is 23.2 Å². The Morgan fingerprint density at radius 3 is 1.98 bits per heavy atom. The van der Waals surface area contributed by atoms with Crippen molar-refractivity contribution in [1.82, 2.24) is 0 Å². The smallest absolute Gasteiger partial charge is 0.269 e. The average molecular weight is 595 g/mol. The second-order valence-corrected chi connectivity index (χ2v) is 9.02. The van der Waals surface area contributed by atoms with Crippen molar-refractivity contribution in [3.63, 3.8) is 0 Å². The fourth-order valence-electron chi connectivity index (χ4n) is 3.58. The number of ether oxygens (including phenoxy) is 2. The molecule has 0 aliphatic carbocycles.